The minimum absolute atomic E-state index is 0.364. The predicted molar refractivity (Wildman–Crippen MR) is 84.0 cm³/mol. The fourth-order valence-electron chi connectivity index (χ4n) is 2.74. The van der Waals surface area contributed by atoms with E-state index in [0.717, 1.165) is 19.4 Å². The maximum Gasteiger partial charge on any atom is 0.248 e. The molecule has 0 aliphatic carbocycles. The van der Waals surface area contributed by atoms with Crippen molar-refractivity contribution in [3.8, 4) is 0 Å². The van der Waals surface area contributed by atoms with E-state index in [1.807, 2.05) is 24.3 Å². The van der Waals surface area contributed by atoms with Crippen LogP contribution in [0.1, 0.15) is 33.9 Å². The summed E-state index contributed by atoms with van der Waals surface area (Å²) in [7, 11) is 0. The second kappa shape index (κ2) is 6.10. The molecule has 3 heteroatoms. The highest BCUT2D eigenvalue weighted by atomic mass is 16.1. The summed E-state index contributed by atoms with van der Waals surface area (Å²) in [4.78, 5) is 13.5. The molecule has 108 valence electrons. The van der Waals surface area contributed by atoms with Crippen LogP contribution in [0.5, 0.6) is 0 Å². The molecule has 2 aromatic rings. The van der Waals surface area contributed by atoms with Crippen molar-refractivity contribution in [3.05, 3.63) is 71.3 Å². The first-order valence-corrected chi connectivity index (χ1v) is 7.42. The third-order valence-electron chi connectivity index (χ3n) is 4.05. The van der Waals surface area contributed by atoms with Crippen molar-refractivity contribution in [1.29, 1.82) is 0 Å². The minimum Gasteiger partial charge on any atom is -0.366 e. The summed E-state index contributed by atoms with van der Waals surface area (Å²) in [5, 5.41) is 0. The van der Waals surface area contributed by atoms with Crippen LogP contribution in [0.25, 0.3) is 0 Å². The summed E-state index contributed by atoms with van der Waals surface area (Å²) >= 11 is 0. The molecule has 3 rings (SSSR count). The van der Waals surface area contributed by atoms with Gasteiger partial charge in [-0.2, -0.15) is 0 Å². The molecule has 3 nitrogen and oxygen atoms in total. The predicted octanol–water partition coefficient (Wildman–Crippen LogP) is 2.78. The van der Waals surface area contributed by atoms with Crippen LogP contribution < -0.4 is 5.73 Å². The third kappa shape index (κ3) is 3.50. The third-order valence-corrected chi connectivity index (χ3v) is 4.05. The molecule has 2 aromatic carbocycles. The van der Waals surface area contributed by atoms with Crippen LogP contribution in [0.3, 0.4) is 0 Å². The average Bonchev–Trinajstić information content (AvgIpc) is 3.28. The average molecular weight is 280 g/mol. The second-order valence-electron chi connectivity index (χ2n) is 5.59. The van der Waals surface area contributed by atoms with Crippen molar-refractivity contribution in [3.63, 3.8) is 0 Å². The zero-order valence-corrected chi connectivity index (χ0v) is 12.0. The summed E-state index contributed by atoms with van der Waals surface area (Å²) < 4.78 is 0. The van der Waals surface area contributed by atoms with E-state index in [0.29, 0.717) is 11.6 Å². The highest BCUT2D eigenvalue weighted by Crippen LogP contribution is 2.34. The monoisotopic (exact) mass is 280 g/mol. The summed E-state index contributed by atoms with van der Waals surface area (Å²) in [6, 6.07) is 18.9. The number of carbonyl (C=O) groups excluding carboxylic acids is 1. The Labute approximate surface area is 125 Å². The molecule has 1 saturated heterocycles. The fourth-order valence-corrected chi connectivity index (χ4v) is 2.74. The molecule has 1 aliphatic heterocycles. The van der Waals surface area contributed by atoms with E-state index in [1.165, 1.54) is 17.7 Å². The summed E-state index contributed by atoms with van der Waals surface area (Å²) in [5.41, 5.74) is 8.50. The SMILES string of the molecule is NC(=O)c1ccc(CCCN2C[C@@H]2c2ccccc2)cc1. The maximum atomic E-state index is 11.0. The Hall–Kier alpha value is -2.13. The number of nitrogens with zero attached hydrogens (tertiary/aromatic N) is 1. The van der Waals surface area contributed by atoms with Crippen molar-refractivity contribution < 1.29 is 4.79 Å². The van der Waals surface area contributed by atoms with Gasteiger partial charge in [-0.15, -0.1) is 0 Å². The first-order valence-electron chi connectivity index (χ1n) is 7.42. The van der Waals surface area contributed by atoms with Crippen molar-refractivity contribution in [1.82, 2.24) is 4.90 Å². The molecule has 0 saturated carbocycles. The van der Waals surface area contributed by atoms with E-state index < -0.39 is 0 Å². The molecular weight excluding hydrogens is 260 g/mol. The van der Waals surface area contributed by atoms with Crippen LogP contribution in [0.4, 0.5) is 0 Å². The lowest BCUT2D eigenvalue weighted by Gasteiger charge is -2.05. The molecule has 1 heterocycles. The van der Waals surface area contributed by atoms with Gasteiger partial charge in [-0.05, 0) is 42.6 Å². The Bertz CT molecular complexity index is 607. The van der Waals surface area contributed by atoms with Crippen LogP contribution >= 0.6 is 0 Å². The Morgan fingerprint density at radius 2 is 1.81 bits per heavy atom. The van der Waals surface area contributed by atoms with Gasteiger partial charge in [0.2, 0.25) is 5.91 Å². The molecular formula is C18H20N2O. The zero-order valence-electron chi connectivity index (χ0n) is 12.0. The molecule has 0 aromatic heterocycles. The number of benzene rings is 2. The summed E-state index contributed by atoms with van der Waals surface area (Å²) in [6.07, 6.45) is 2.18. The minimum atomic E-state index is -0.364. The fraction of sp³-hybridized carbons (Fsp3) is 0.278. The molecule has 1 amide bonds. The Morgan fingerprint density at radius 1 is 1.10 bits per heavy atom. The van der Waals surface area contributed by atoms with Crippen molar-refractivity contribution >= 4 is 5.91 Å². The lowest BCUT2D eigenvalue weighted by molar-refractivity contribution is 0.100. The first-order chi connectivity index (χ1) is 10.2. The van der Waals surface area contributed by atoms with Gasteiger partial charge in [0.1, 0.15) is 0 Å². The zero-order chi connectivity index (χ0) is 14.7. The van der Waals surface area contributed by atoms with Gasteiger partial charge in [0.05, 0.1) is 0 Å². The number of nitrogens with two attached hydrogens (primary N) is 1. The van der Waals surface area contributed by atoms with Crippen molar-refractivity contribution in [2.75, 3.05) is 13.1 Å². The number of carbonyl (C=O) groups is 1. The molecule has 21 heavy (non-hydrogen) atoms. The lowest BCUT2D eigenvalue weighted by Crippen LogP contribution is -2.10. The topological polar surface area (TPSA) is 46.1 Å². The molecule has 1 fully saturated rings. The van der Waals surface area contributed by atoms with Crippen molar-refractivity contribution in [2.24, 2.45) is 5.73 Å². The quantitative estimate of drug-likeness (QED) is 0.827. The highest BCUT2D eigenvalue weighted by molar-refractivity contribution is 5.92. The number of rotatable bonds is 6. The summed E-state index contributed by atoms with van der Waals surface area (Å²) in [5.74, 6) is -0.364. The Kier molecular flexibility index (Phi) is 4.02. The number of aryl methyl sites for hydroxylation is 1. The van der Waals surface area contributed by atoms with E-state index in [1.54, 1.807) is 0 Å². The van der Waals surface area contributed by atoms with Crippen LogP contribution in [0, 0.1) is 0 Å². The van der Waals surface area contributed by atoms with Gasteiger partial charge in [0.15, 0.2) is 0 Å². The molecule has 0 spiro atoms. The van der Waals surface area contributed by atoms with E-state index in [2.05, 4.69) is 35.2 Å². The lowest BCUT2D eigenvalue weighted by atomic mass is 10.1. The van der Waals surface area contributed by atoms with E-state index in [4.69, 9.17) is 5.73 Å². The largest absolute Gasteiger partial charge is 0.366 e. The Balaban J connectivity index is 1.44. The van der Waals surface area contributed by atoms with Crippen LogP contribution in [0.15, 0.2) is 54.6 Å². The smallest absolute Gasteiger partial charge is 0.248 e. The van der Waals surface area contributed by atoms with E-state index in [-0.39, 0.29) is 5.91 Å². The normalized spacial score (nSPS) is 20.2. The van der Waals surface area contributed by atoms with Crippen LogP contribution in [-0.4, -0.2) is 23.9 Å². The first kappa shape index (κ1) is 13.8. The van der Waals surface area contributed by atoms with Gasteiger partial charge in [-0.1, -0.05) is 42.5 Å². The van der Waals surface area contributed by atoms with Gasteiger partial charge in [0.25, 0.3) is 0 Å². The summed E-state index contributed by atoms with van der Waals surface area (Å²) in [6.45, 7) is 2.29. The molecule has 1 unspecified atom stereocenters. The van der Waals surface area contributed by atoms with Gasteiger partial charge in [-0.25, -0.2) is 0 Å². The standard InChI is InChI=1S/C18H20N2O/c19-18(21)16-10-8-14(9-11-16)5-4-12-20-13-17(20)15-6-2-1-3-7-15/h1-3,6-11,17H,4-5,12-13H2,(H2,19,21)/t17-,20?/m1/s1. The maximum absolute atomic E-state index is 11.0. The number of amides is 1. The molecule has 0 bridgehead atoms. The van der Waals surface area contributed by atoms with Crippen LogP contribution in [0.2, 0.25) is 0 Å². The number of hydrogen-bond donors (Lipinski definition) is 1. The Morgan fingerprint density at radius 3 is 2.48 bits per heavy atom. The van der Waals surface area contributed by atoms with Crippen LogP contribution in [-0.2, 0) is 6.42 Å². The van der Waals surface area contributed by atoms with Crippen molar-refractivity contribution in [2.45, 2.75) is 18.9 Å². The van der Waals surface area contributed by atoms with Gasteiger partial charge in [0, 0.05) is 18.2 Å². The number of hydrogen-bond acceptors (Lipinski definition) is 2. The second-order valence-corrected chi connectivity index (χ2v) is 5.59. The molecule has 2 atom stereocenters. The van der Waals surface area contributed by atoms with Gasteiger partial charge < -0.3 is 5.73 Å². The molecule has 0 radical (unpaired) electrons. The molecule has 2 N–H and O–H groups in total. The highest BCUT2D eigenvalue weighted by Gasteiger charge is 2.33. The number of primary amides is 1. The van der Waals surface area contributed by atoms with E-state index in [9.17, 15) is 4.79 Å². The van der Waals surface area contributed by atoms with Gasteiger partial charge in [-0.3, -0.25) is 9.69 Å². The molecule has 1 aliphatic rings. The van der Waals surface area contributed by atoms with E-state index >= 15 is 0 Å². The van der Waals surface area contributed by atoms with Gasteiger partial charge >= 0.3 is 0 Å².